The van der Waals surface area contributed by atoms with Gasteiger partial charge in [-0.25, -0.2) is 9.37 Å². The number of hydrogen-bond donors (Lipinski definition) is 4. The number of carbonyl (C=O) groups excluding carboxylic acids is 4. The highest BCUT2D eigenvalue weighted by Gasteiger charge is 2.27. The summed E-state index contributed by atoms with van der Waals surface area (Å²) in [4.78, 5) is 55.0. The van der Waals surface area contributed by atoms with Crippen molar-refractivity contribution in [1.82, 2.24) is 4.98 Å². The lowest BCUT2D eigenvalue weighted by Gasteiger charge is -2.26. The number of primary amides is 2. The van der Waals surface area contributed by atoms with E-state index in [4.69, 9.17) is 21.9 Å². The van der Waals surface area contributed by atoms with Crippen LogP contribution in [-0.4, -0.2) is 41.1 Å². The summed E-state index contributed by atoms with van der Waals surface area (Å²) in [5, 5.41) is 2.80. The van der Waals surface area contributed by atoms with Crippen molar-refractivity contribution in [1.29, 1.82) is 0 Å². The molecule has 4 aromatic rings. The Hall–Kier alpha value is -5.30. The number of nitrogens with one attached hydrogen (secondary N) is 1. The first-order chi connectivity index (χ1) is 19.5. The Labute approximate surface area is 237 Å². The molecule has 0 saturated heterocycles. The summed E-state index contributed by atoms with van der Waals surface area (Å²) in [6.07, 6.45) is 0. The molecule has 4 rings (SSSR count). The number of aromatic nitrogens is 1. The van der Waals surface area contributed by atoms with E-state index < -0.39 is 35.4 Å². The maximum absolute atomic E-state index is 13.5. The molecule has 3 aromatic carbocycles. The molecule has 1 aromatic heterocycles. The van der Waals surface area contributed by atoms with Gasteiger partial charge in [-0.05, 0) is 67.6 Å². The fourth-order valence-corrected chi connectivity index (χ4v) is 4.84. The molecule has 210 valence electrons. The number of ether oxygens (including phenoxy) is 1. The summed E-state index contributed by atoms with van der Waals surface area (Å²) < 4.78 is 19.0. The van der Waals surface area contributed by atoms with Crippen molar-refractivity contribution in [2.45, 2.75) is 13.0 Å². The van der Waals surface area contributed by atoms with E-state index in [1.165, 1.54) is 59.5 Å². The van der Waals surface area contributed by atoms with Gasteiger partial charge in [0, 0.05) is 11.3 Å². The molecule has 1 atom stereocenters. The molecule has 7 N–H and O–H groups in total. The number of nitrogens with two attached hydrogens (primary N) is 3. The van der Waals surface area contributed by atoms with Crippen molar-refractivity contribution >= 4 is 57.2 Å². The number of benzene rings is 3. The minimum atomic E-state index is -0.869. The van der Waals surface area contributed by atoms with Crippen LogP contribution in [0.15, 0.2) is 72.8 Å². The lowest BCUT2D eigenvalue weighted by molar-refractivity contribution is -0.119. The Balaban J connectivity index is 1.46. The van der Waals surface area contributed by atoms with Crippen LogP contribution in [-0.2, 0) is 9.59 Å². The quantitative estimate of drug-likeness (QED) is 0.196. The molecule has 11 nitrogen and oxygen atoms in total. The number of para-hydroxylation sites is 1. The van der Waals surface area contributed by atoms with Gasteiger partial charge in [0.15, 0.2) is 11.7 Å². The van der Waals surface area contributed by atoms with Gasteiger partial charge < -0.3 is 32.2 Å². The Bertz CT molecular complexity index is 1610. The Morgan fingerprint density at radius 1 is 1.00 bits per heavy atom. The van der Waals surface area contributed by atoms with E-state index in [2.05, 4.69) is 10.3 Å². The van der Waals surface area contributed by atoms with E-state index in [1.807, 2.05) is 0 Å². The lowest BCUT2D eigenvalue weighted by Crippen LogP contribution is -2.39. The van der Waals surface area contributed by atoms with Crippen LogP contribution in [0.4, 0.5) is 26.7 Å². The summed E-state index contributed by atoms with van der Waals surface area (Å²) >= 11 is 0.959. The predicted octanol–water partition coefficient (Wildman–Crippen LogP) is 3.22. The Morgan fingerprint density at radius 2 is 1.66 bits per heavy atom. The van der Waals surface area contributed by atoms with Crippen molar-refractivity contribution in [3.05, 3.63) is 94.6 Å². The first-order valence-electron chi connectivity index (χ1n) is 12.1. The van der Waals surface area contributed by atoms with Gasteiger partial charge in [0.1, 0.15) is 28.3 Å². The third-order valence-corrected chi connectivity index (χ3v) is 6.98. The number of amides is 3. The predicted molar refractivity (Wildman–Crippen MR) is 153 cm³/mol. The summed E-state index contributed by atoms with van der Waals surface area (Å²) in [5.74, 6) is -2.47. The average Bonchev–Trinajstić information content (AvgIpc) is 3.33. The van der Waals surface area contributed by atoms with Crippen LogP contribution >= 0.6 is 11.3 Å². The third kappa shape index (κ3) is 6.65. The molecule has 13 heteroatoms. The Morgan fingerprint density at radius 3 is 2.29 bits per heavy atom. The summed E-state index contributed by atoms with van der Waals surface area (Å²) in [6.45, 7) is 1.20. The molecule has 0 saturated carbocycles. The lowest BCUT2D eigenvalue weighted by atomic mass is 10.1. The van der Waals surface area contributed by atoms with Gasteiger partial charge >= 0.3 is 0 Å². The standard InChI is InChI=1S/C28H25FN6O5S/c1-15(26(31)38)35(18-10-8-17(29)9-11-18)28-34-25(30)24(41-28)23(37)16-6-12-19(13-7-16)40-14-22(36)33-21-5-3-2-4-20(21)27(32)39/h2-13,15H,14,30H2,1H3,(H2,31,38)(H2,32,39)(H,33,36). The topological polar surface area (TPSA) is 184 Å². The zero-order chi connectivity index (χ0) is 29.7. The Kier molecular flexibility index (Phi) is 8.58. The summed E-state index contributed by atoms with van der Waals surface area (Å²) in [5.41, 5.74) is 18.1. The van der Waals surface area contributed by atoms with Crippen LogP contribution in [0.5, 0.6) is 5.75 Å². The normalized spacial score (nSPS) is 11.4. The number of nitrogen functional groups attached to an aromatic ring is 1. The molecular formula is C28H25FN6O5S. The third-order valence-electron chi connectivity index (χ3n) is 5.91. The van der Waals surface area contributed by atoms with E-state index in [0.29, 0.717) is 11.4 Å². The number of thiazole rings is 1. The van der Waals surface area contributed by atoms with E-state index in [9.17, 15) is 23.6 Å². The van der Waals surface area contributed by atoms with Crippen molar-refractivity contribution < 1.29 is 28.3 Å². The molecule has 0 fully saturated rings. The molecule has 0 spiro atoms. The second kappa shape index (κ2) is 12.3. The monoisotopic (exact) mass is 576 g/mol. The van der Waals surface area contributed by atoms with Crippen molar-refractivity contribution in [2.24, 2.45) is 11.5 Å². The van der Waals surface area contributed by atoms with Crippen LogP contribution < -0.4 is 32.2 Å². The highest BCUT2D eigenvalue weighted by Crippen LogP contribution is 2.36. The van der Waals surface area contributed by atoms with Crippen LogP contribution in [0.3, 0.4) is 0 Å². The number of carbonyl (C=O) groups is 4. The molecule has 0 aliphatic carbocycles. The number of hydrogen-bond acceptors (Lipinski definition) is 9. The smallest absolute Gasteiger partial charge is 0.262 e. The number of rotatable bonds is 11. The number of ketones is 1. The zero-order valence-corrected chi connectivity index (χ0v) is 22.5. The maximum Gasteiger partial charge on any atom is 0.262 e. The molecule has 1 unspecified atom stereocenters. The second-order valence-corrected chi connectivity index (χ2v) is 9.71. The number of nitrogens with zero attached hydrogens (tertiary/aromatic N) is 2. The maximum atomic E-state index is 13.5. The van der Waals surface area contributed by atoms with Gasteiger partial charge in [-0.3, -0.25) is 19.2 Å². The van der Waals surface area contributed by atoms with Gasteiger partial charge in [-0.1, -0.05) is 23.5 Å². The fraction of sp³-hybridized carbons (Fsp3) is 0.107. The first-order valence-corrected chi connectivity index (χ1v) is 12.9. The van der Waals surface area contributed by atoms with E-state index in [0.717, 1.165) is 11.3 Å². The number of anilines is 4. The first kappa shape index (κ1) is 28.7. The van der Waals surface area contributed by atoms with E-state index >= 15 is 0 Å². The zero-order valence-electron chi connectivity index (χ0n) is 21.7. The highest BCUT2D eigenvalue weighted by atomic mass is 32.1. The molecule has 41 heavy (non-hydrogen) atoms. The van der Waals surface area contributed by atoms with Crippen LogP contribution in [0.1, 0.15) is 32.5 Å². The molecule has 3 amide bonds. The van der Waals surface area contributed by atoms with Crippen molar-refractivity contribution in [3.8, 4) is 5.75 Å². The molecule has 0 bridgehead atoms. The molecule has 1 heterocycles. The molecule has 0 radical (unpaired) electrons. The number of halogens is 1. The van der Waals surface area contributed by atoms with Crippen molar-refractivity contribution in [3.63, 3.8) is 0 Å². The van der Waals surface area contributed by atoms with E-state index in [-0.39, 0.29) is 39.2 Å². The largest absolute Gasteiger partial charge is 0.484 e. The fourth-order valence-electron chi connectivity index (χ4n) is 3.79. The van der Waals surface area contributed by atoms with Gasteiger partial charge in [-0.15, -0.1) is 0 Å². The minimum Gasteiger partial charge on any atom is -0.484 e. The van der Waals surface area contributed by atoms with Gasteiger partial charge in [-0.2, -0.15) is 0 Å². The second-order valence-electron chi connectivity index (χ2n) is 8.74. The van der Waals surface area contributed by atoms with Gasteiger partial charge in [0.2, 0.25) is 11.7 Å². The molecular weight excluding hydrogens is 551 g/mol. The highest BCUT2D eigenvalue weighted by molar-refractivity contribution is 7.18. The summed E-state index contributed by atoms with van der Waals surface area (Å²) in [6, 6.07) is 16.8. The van der Waals surface area contributed by atoms with Crippen molar-refractivity contribution in [2.75, 3.05) is 22.6 Å². The average molecular weight is 577 g/mol. The van der Waals surface area contributed by atoms with Gasteiger partial charge in [0.05, 0.1) is 11.3 Å². The minimum absolute atomic E-state index is 0.0491. The SMILES string of the molecule is CC(C(N)=O)N(c1ccc(F)cc1)c1nc(N)c(C(=O)c2ccc(OCC(=O)Nc3ccccc3C(N)=O)cc2)s1. The van der Waals surface area contributed by atoms with E-state index in [1.54, 1.807) is 25.1 Å². The van der Waals surface area contributed by atoms with Gasteiger partial charge in [0.25, 0.3) is 11.8 Å². The van der Waals surface area contributed by atoms with Crippen LogP contribution in [0, 0.1) is 5.82 Å². The molecule has 0 aliphatic heterocycles. The summed E-state index contributed by atoms with van der Waals surface area (Å²) in [7, 11) is 0. The van der Waals surface area contributed by atoms with Crippen LogP contribution in [0.25, 0.3) is 0 Å². The van der Waals surface area contributed by atoms with Crippen LogP contribution in [0.2, 0.25) is 0 Å². The molecule has 0 aliphatic rings.